The Morgan fingerprint density at radius 1 is 1.00 bits per heavy atom. The molecular formula is C19H21N5O3S. The molecule has 9 heteroatoms. The molecule has 0 radical (unpaired) electrons. The van der Waals surface area contributed by atoms with Gasteiger partial charge in [-0.25, -0.2) is 17.4 Å². The van der Waals surface area contributed by atoms with E-state index in [0.29, 0.717) is 25.9 Å². The lowest BCUT2D eigenvalue weighted by Gasteiger charge is -2.31. The first-order valence-electron chi connectivity index (χ1n) is 9.12. The smallest absolute Gasteiger partial charge is 0.218 e. The first-order valence-corrected chi connectivity index (χ1v) is 10.7. The predicted octanol–water partition coefficient (Wildman–Crippen LogP) is 2.04. The van der Waals surface area contributed by atoms with Crippen LogP contribution in [0.15, 0.2) is 60.9 Å². The van der Waals surface area contributed by atoms with Crippen LogP contribution in [0.25, 0.3) is 5.69 Å². The van der Waals surface area contributed by atoms with Crippen LogP contribution in [0, 0.1) is 0 Å². The Balaban J connectivity index is 1.31. The summed E-state index contributed by atoms with van der Waals surface area (Å²) in [6.45, 7) is 0.949. The molecule has 3 aromatic rings. The van der Waals surface area contributed by atoms with Crippen LogP contribution < -0.4 is 4.74 Å². The van der Waals surface area contributed by atoms with Crippen molar-refractivity contribution in [2.75, 3.05) is 13.1 Å². The van der Waals surface area contributed by atoms with Crippen LogP contribution in [0.2, 0.25) is 0 Å². The largest absolute Gasteiger partial charge is 0.490 e. The van der Waals surface area contributed by atoms with Crippen molar-refractivity contribution in [1.29, 1.82) is 0 Å². The second-order valence-electron chi connectivity index (χ2n) is 6.71. The second-order valence-corrected chi connectivity index (χ2v) is 8.68. The van der Waals surface area contributed by atoms with Gasteiger partial charge in [-0.3, -0.25) is 0 Å². The van der Waals surface area contributed by atoms with Gasteiger partial charge in [0.05, 0.1) is 11.4 Å². The summed E-state index contributed by atoms with van der Waals surface area (Å²) in [7, 11) is -3.31. The number of piperidine rings is 1. The van der Waals surface area contributed by atoms with Crippen molar-refractivity contribution in [3.63, 3.8) is 0 Å². The molecule has 28 heavy (non-hydrogen) atoms. The molecule has 1 aliphatic heterocycles. The maximum Gasteiger partial charge on any atom is 0.218 e. The van der Waals surface area contributed by atoms with E-state index in [2.05, 4.69) is 15.5 Å². The first-order chi connectivity index (χ1) is 13.6. The summed E-state index contributed by atoms with van der Waals surface area (Å²) in [4.78, 5) is 0. The number of benzene rings is 2. The summed E-state index contributed by atoms with van der Waals surface area (Å²) in [5.41, 5.74) is 1.66. The van der Waals surface area contributed by atoms with Gasteiger partial charge in [0.25, 0.3) is 0 Å². The monoisotopic (exact) mass is 399 g/mol. The highest BCUT2D eigenvalue weighted by atomic mass is 32.2. The van der Waals surface area contributed by atoms with E-state index in [1.807, 2.05) is 54.6 Å². The molecule has 0 bridgehead atoms. The molecule has 8 nitrogen and oxygen atoms in total. The van der Waals surface area contributed by atoms with Crippen LogP contribution in [0.4, 0.5) is 0 Å². The van der Waals surface area contributed by atoms with E-state index in [1.165, 1.54) is 6.33 Å². The van der Waals surface area contributed by atoms with Gasteiger partial charge in [0.1, 0.15) is 18.2 Å². The summed E-state index contributed by atoms with van der Waals surface area (Å²) in [5.74, 6) is 0.792. The Labute approximate surface area is 163 Å². The van der Waals surface area contributed by atoms with Crippen molar-refractivity contribution in [1.82, 2.24) is 24.5 Å². The molecule has 0 saturated carbocycles. The lowest BCUT2D eigenvalue weighted by molar-refractivity contribution is 0.135. The SMILES string of the molecule is O=S(=O)(Cc1ccccc1)N1CCC(Oc2ccc(-n3cnnn3)cc2)CC1. The molecule has 0 aliphatic carbocycles. The topological polar surface area (TPSA) is 90.2 Å². The minimum atomic E-state index is -3.31. The summed E-state index contributed by atoms with van der Waals surface area (Å²) in [6.07, 6.45) is 2.87. The predicted molar refractivity (Wildman–Crippen MR) is 103 cm³/mol. The van der Waals surface area contributed by atoms with Gasteiger partial charge in [-0.05, 0) is 53.1 Å². The normalized spacial score (nSPS) is 16.1. The number of aromatic nitrogens is 4. The molecule has 0 amide bonds. The molecule has 0 unspecified atom stereocenters. The fraction of sp³-hybridized carbons (Fsp3) is 0.316. The molecule has 146 valence electrons. The Hall–Kier alpha value is -2.78. The van der Waals surface area contributed by atoms with Crippen LogP contribution in [0.1, 0.15) is 18.4 Å². The zero-order valence-corrected chi connectivity index (χ0v) is 16.1. The molecule has 1 aromatic heterocycles. The van der Waals surface area contributed by atoms with E-state index in [9.17, 15) is 8.42 Å². The molecule has 1 fully saturated rings. The Morgan fingerprint density at radius 3 is 2.36 bits per heavy atom. The average molecular weight is 399 g/mol. The molecule has 1 aliphatic rings. The van der Waals surface area contributed by atoms with E-state index >= 15 is 0 Å². The van der Waals surface area contributed by atoms with Crippen LogP contribution in [-0.2, 0) is 15.8 Å². The Bertz CT molecular complexity index is 984. The number of hydrogen-bond donors (Lipinski definition) is 0. The number of rotatable bonds is 6. The molecule has 0 spiro atoms. The van der Waals surface area contributed by atoms with Gasteiger partial charge < -0.3 is 4.74 Å². The number of nitrogens with zero attached hydrogens (tertiary/aromatic N) is 5. The van der Waals surface area contributed by atoms with E-state index in [0.717, 1.165) is 17.0 Å². The van der Waals surface area contributed by atoms with E-state index in [-0.39, 0.29) is 11.9 Å². The van der Waals surface area contributed by atoms with Gasteiger partial charge in [-0.2, -0.15) is 0 Å². The molecule has 4 rings (SSSR count). The van der Waals surface area contributed by atoms with Gasteiger partial charge in [0, 0.05) is 13.1 Å². The van der Waals surface area contributed by atoms with Crippen molar-refractivity contribution < 1.29 is 13.2 Å². The lowest BCUT2D eigenvalue weighted by Crippen LogP contribution is -2.42. The summed E-state index contributed by atoms with van der Waals surface area (Å²) < 4.78 is 34.4. The Kier molecular flexibility index (Phi) is 5.36. The number of sulfonamides is 1. The summed E-state index contributed by atoms with van der Waals surface area (Å²) >= 11 is 0. The summed E-state index contributed by atoms with van der Waals surface area (Å²) in [6, 6.07) is 16.8. The van der Waals surface area contributed by atoms with Crippen molar-refractivity contribution in [2.45, 2.75) is 24.7 Å². The first kappa shape index (κ1) is 18.6. The molecule has 1 saturated heterocycles. The quantitative estimate of drug-likeness (QED) is 0.630. The van der Waals surface area contributed by atoms with Crippen LogP contribution in [0.5, 0.6) is 5.75 Å². The maximum atomic E-state index is 12.6. The summed E-state index contributed by atoms with van der Waals surface area (Å²) in [5, 5.41) is 11.1. The van der Waals surface area contributed by atoms with Crippen molar-refractivity contribution in [3.05, 3.63) is 66.5 Å². The fourth-order valence-corrected chi connectivity index (χ4v) is 4.82. The van der Waals surface area contributed by atoms with Gasteiger partial charge in [-0.15, -0.1) is 5.10 Å². The van der Waals surface area contributed by atoms with Crippen LogP contribution >= 0.6 is 0 Å². The lowest BCUT2D eigenvalue weighted by atomic mass is 10.1. The van der Waals surface area contributed by atoms with Crippen molar-refractivity contribution in [2.24, 2.45) is 0 Å². The van der Waals surface area contributed by atoms with E-state index < -0.39 is 10.0 Å². The highest BCUT2D eigenvalue weighted by molar-refractivity contribution is 7.88. The van der Waals surface area contributed by atoms with Crippen LogP contribution in [0.3, 0.4) is 0 Å². The molecule has 0 N–H and O–H groups in total. The number of ether oxygens (including phenoxy) is 1. The zero-order chi connectivity index (χ0) is 19.4. The van der Waals surface area contributed by atoms with Gasteiger partial charge in [0.2, 0.25) is 10.0 Å². The van der Waals surface area contributed by atoms with Crippen LogP contribution in [-0.4, -0.2) is 52.1 Å². The third-order valence-corrected chi connectivity index (χ3v) is 6.59. The van der Waals surface area contributed by atoms with E-state index in [4.69, 9.17) is 4.74 Å². The third-order valence-electron chi connectivity index (χ3n) is 4.74. The minimum absolute atomic E-state index is 0.00191. The number of tetrazole rings is 1. The maximum absolute atomic E-state index is 12.6. The highest BCUT2D eigenvalue weighted by Gasteiger charge is 2.29. The molecule has 2 aromatic carbocycles. The average Bonchev–Trinajstić information content (AvgIpc) is 3.24. The Morgan fingerprint density at radius 2 is 1.71 bits per heavy atom. The highest BCUT2D eigenvalue weighted by Crippen LogP contribution is 2.23. The standard InChI is InChI=1S/C19H21N5O3S/c25-28(26,14-16-4-2-1-3-5-16)23-12-10-19(11-13-23)27-18-8-6-17(7-9-18)24-15-20-21-22-24/h1-9,15,19H,10-14H2. The van der Waals surface area contributed by atoms with Crippen molar-refractivity contribution in [3.8, 4) is 11.4 Å². The van der Waals surface area contributed by atoms with Gasteiger partial charge >= 0.3 is 0 Å². The molecule has 2 heterocycles. The van der Waals surface area contributed by atoms with E-state index in [1.54, 1.807) is 8.99 Å². The second kappa shape index (κ2) is 8.07. The molecular weight excluding hydrogens is 378 g/mol. The van der Waals surface area contributed by atoms with Gasteiger partial charge in [-0.1, -0.05) is 30.3 Å². The van der Waals surface area contributed by atoms with Crippen molar-refractivity contribution >= 4 is 10.0 Å². The third kappa shape index (κ3) is 4.37. The zero-order valence-electron chi connectivity index (χ0n) is 15.3. The molecule has 0 atom stereocenters. The van der Waals surface area contributed by atoms with Gasteiger partial charge in [0.15, 0.2) is 0 Å². The number of hydrogen-bond acceptors (Lipinski definition) is 6. The minimum Gasteiger partial charge on any atom is -0.490 e. The fourth-order valence-electron chi connectivity index (χ4n) is 3.25.